The lowest BCUT2D eigenvalue weighted by Gasteiger charge is -2.36. The smallest absolute Gasteiger partial charge is 0.327 e. The van der Waals surface area contributed by atoms with Gasteiger partial charge in [-0.25, -0.2) is 4.67 Å². The Kier molecular flexibility index (Phi) is 7.86. The van der Waals surface area contributed by atoms with Gasteiger partial charge in [-0.05, 0) is 34.1 Å². The van der Waals surface area contributed by atoms with Crippen molar-refractivity contribution in [1.29, 1.82) is 0 Å². The number of hydrogen-bond donors (Lipinski definition) is 1. The molecule has 1 N–H and O–H groups in total. The molecule has 0 aromatic rings. The molecule has 0 saturated carbocycles. The summed E-state index contributed by atoms with van der Waals surface area (Å²) < 4.78 is 44.1. The molecule has 8 heteroatoms. The van der Waals surface area contributed by atoms with Gasteiger partial charge in [0.15, 0.2) is 0 Å². The molecule has 0 radical (unpaired) electrons. The van der Waals surface area contributed by atoms with Gasteiger partial charge in [0, 0.05) is 12.1 Å². The number of carbonyl (C=O) groups is 1. The summed E-state index contributed by atoms with van der Waals surface area (Å²) in [5, 5.41) is 1.96. The first-order chi connectivity index (χ1) is 8.61. The highest BCUT2D eigenvalue weighted by atomic mass is 31.2. The summed E-state index contributed by atoms with van der Waals surface area (Å²) in [5.74, 6) is -1.96. The zero-order chi connectivity index (χ0) is 15.2. The van der Waals surface area contributed by atoms with Crippen molar-refractivity contribution in [3.8, 4) is 0 Å². The average molecular weight is 302 g/mol. The molecule has 4 nitrogen and oxygen atoms in total. The largest absolute Gasteiger partial charge is 0.471 e. The Labute approximate surface area is 113 Å². The van der Waals surface area contributed by atoms with Gasteiger partial charge in [-0.15, -0.1) is 0 Å². The van der Waals surface area contributed by atoms with Crippen LogP contribution >= 0.6 is 8.45 Å². The maximum Gasteiger partial charge on any atom is 0.471 e. The van der Waals surface area contributed by atoms with E-state index in [1.807, 2.05) is 39.7 Å². The highest BCUT2D eigenvalue weighted by Crippen LogP contribution is 2.41. The minimum absolute atomic E-state index is 0.0310. The van der Waals surface area contributed by atoms with Crippen molar-refractivity contribution in [1.82, 2.24) is 9.76 Å². The van der Waals surface area contributed by atoms with Crippen LogP contribution in [0.2, 0.25) is 0 Å². The van der Waals surface area contributed by atoms with Gasteiger partial charge >= 0.3 is 12.1 Å². The van der Waals surface area contributed by atoms with Gasteiger partial charge in [-0.2, -0.15) is 13.2 Å². The summed E-state index contributed by atoms with van der Waals surface area (Å²) in [6, 6.07) is -0.0620. The van der Waals surface area contributed by atoms with Crippen LogP contribution in [-0.2, 0) is 9.32 Å². The van der Waals surface area contributed by atoms with E-state index in [9.17, 15) is 18.0 Å². The molecule has 0 fully saturated rings. The summed E-state index contributed by atoms with van der Waals surface area (Å²) in [6.45, 7) is 9.57. The molecule has 1 atom stereocenters. The topological polar surface area (TPSA) is 41.6 Å². The van der Waals surface area contributed by atoms with E-state index in [-0.39, 0.29) is 12.1 Å². The van der Waals surface area contributed by atoms with E-state index in [4.69, 9.17) is 4.52 Å². The predicted molar refractivity (Wildman–Crippen MR) is 69.5 cm³/mol. The van der Waals surface area contributed by atoms with Crippen LogP contribution in [0.1, 0.15) is 41.0 Å². The first-order valence-electron chi connectivity index (χ1n) is 6.20. The minimum atomic E-state index is -4.89. The average Bonchev–Trinajstić information content (AvgIpc) is 2.23. The molecule has 0 heterocycles. The molecular weight excluding hydrogens is 280 g/mol. The van der Waals surface area contributed by atoms with Crippen LogP contribution < -0.4 is 5.09 Å². The molecule has 1 unspecified atom stereocenters. The maximum atomic E-state index is 12.3. The van der Waals surface area contributed by atoms with Crippen molar-refractivity contribution in [3.05, 3.63) is 0 Å². The van der Waals surface area contributed by atoms with Gasteiger partial charge in [0.1, 0.15) is 0 Å². The number of amides is 1. The summed E-state index contributed by atoms with van der Waals surface area (Å²) in [4.78, 5) is 11.1. The maximum absolute atomic E-state index is 12.3. The number of nitrogens with zero attached hydrogens (tertiary/aromatic N) is 1. The lowest BCUT2D eigenvalue weighted by atomic mass is 10.3. The third-order valence-corrected chi connectivity index (χ3v) is 4.31. The second-order valence-electron chi connectivity index (χ2n) is 4.61. The quantitative estimate of drug-likeness (QED) is 0.733. The van der Waals surface area contributed by atoms with Gasteiger partial charge in [-0.1, -0.05) is 6.92 Å². The molecule has 0 aromatic carbocycles. The van der Waals surface area contributed by atoms with Gasteiger partial charge in [0.05, 0.1) is 6.61 Å². The Bertz CT molecular complexity index is 278. The number of halogens is 3. The first-order valence-corrected chi connectivity index (χ1v) is 7.41. The van der Waals surface area contributed by atoms with Crippen molar-refractivity contribution < 1.29 is 22.5 Å². The van der Waals surface area contributed by atoms with E-state index in [1.165, 1.54) is 0 Å². The van der Waals surface area contributed by atoms with Crippen LogP contribution in [0.25, 0.3) is 0 Å². The third kappa shape index (κ3) is 6.54. The van der Waals surface area contributed by atoms with Crippen molar-refractivity contribution in [2.24, 2.45) is 0 Å². The van der Waals surface area contributed by atoms with E-state index in [1.54, 1.807) is 4.67 Å². The fourth-order valence-corrected chi connectivity index (χ4v) is 3.31. The summed E-state index contributed by atoms with van der Waals surface area (Å²) in [7, 11) is -1.80. The summed E-state index contributed by atoms with van der Waals surface area (Å²) in [5.41, 5.74) is 0. The van der Waals surface area contributed by atoms with Crippen molar-refractivity contribution >= 4 is 14.4 Å². The minimum Gasteiger partial charge on any atom is -0.327 e. The molecule has 19 heavy (non-hydrogen) atoms. The number of nitrogens with one attached hydrogen (secondary N) is 1. The fourth-order valence-electron chi connectivity index (χ4n) is 1.50. The van der Waals surface area contributed by atoms with Gasteiger partial charge in [-0.3, -0.25) is 9.88 Å². The van der Waals surface area contributed by atoms with Crippen molar-refractivity contribution in [2.45, 2.75) is 59.3 Å². The Balaban J connectivity index is 4.92. The highest BCUT2D eigenvalue weighted by Gasteiger charge is 2.41. The third-order valence-electron chi connectivity index (χ3n) is 2.14. The fraction of sp³-hybridized carbons (Fsp3) is 0.909. The Morgan fingerprint density at radius 2 is 1.74 bits per heavy atom. The second-order valence-corrected chi connectivity index (χ2v) is 6.10. The molecule has 0 aromatic heterocycles. The molecule has 0 saturated heterocycles. The van der Waals surface area contributed by atoms with Crippen LogP contribution in [0.4, 0.5) is 13.2 Å². The van der Waals surface area contributed by atoms with E-state index in [0.717, 1.165) is 0 Å². The number of rotatable bonds is 7. The second kappa shape index (κ2) is 8.02. The van der Waals surface area contributed by atoms with E-state index >= 15 is 0 Å². The molecule has 0 rings (SSSR count). The monoisotopic (exact) mass is 302 g/mol. The molecule has 0 spiro atoms. The number of hydrogen-bond acceptors (Lipinski definition) is 3. The van der Waals surface area contributed by atoms with E-state index in [0.29, 0.717) is 13.0 Å². The zero-order valence-electron chi connectivity index (χ0n) is 11.9. The molecule has 0 aliphatic heterocycles. The molecule has 0 bridgehead atoms. The van der Waals surface area contributed by atoms with E-state index < -0.39 is 20.5 Å². The predicted octanol–water partition coefficient (Wildman–Crippen LogP) is 3.44. The van der Waals surface area contributed by atoms with Crippen LogP contribution in [0.15, 0.2) is 0 Å². The SMILES string of the molecule is CCCOP(NC(=O)C(F)(F)F)N(C(C)C)C(C)C. The van der Waals surface area contributed by atoms with Crippen LogP contribution in [0.3, 0.4) is 0 Å². The van der Waals surface area contributed by atoms with Crippen molar-refractivity contribution in [2.75, 3.05) is 6.61 Å². The molecule has 114 valence electrons. The number of carbonyl (C=O) groups excluding carboxylic acids is 1. The lowest BCUT2D eigenvalue weighted by molar-refractivity contribution is -0.171. The standard InChI is InChI=1S/C11H22F3N2O2P/c1-6-7-18-19(15-10(17)11(12,13)14)16(8(2)3)9(4)5/h8-9H,6-7H2,1-5H3,(H,15,17). The van der Waals surface area contributed by atoms with Crippen LogP contribution in [0, 0.1) is 0 Å². The Hall–Kier alpha value is -0.390. The van der Waals surface area contributed by atoms with Crippen LogP contribution in [-0.4, -0.2) is 35.4 Å². The Morgan fingerprint density at radius 3 is 2.05 bits per heavy atom. The normalized spacial score (nSPS) is 14.3. The molecular formula is C11H22F3N2O2P. The van der Waals surface area contributed by atoms with Crippen LogP contribution in [0.5, 0.6) is 0 Å². The zero-order valence-corrected chi connectivity index (χ0v) is 12.8. The van der Waals surface area contributed by atoms with Gasteiger partial charge in [0.2, 0.25) is 8.45 Å². The summed E-state index contributed by atoms with van der Waals surface area (Å²) in [6.07, 6.45) is -4.22. The lowest BCUT2D eigenvalue weighted by Crippen LogP contribution is -2.42. The molecule has 0 aliphatic carbocycles. The van der Waals surface area contributed by atoms with Crippen molar-refractivity contribution in [3.63, 3.8) is 0 Å². The molecule has 0 aliphatic rings. The highest BCUT2D eigenvalue weighted by molar-refractivity contribution is 7.48. The van der Waals surface area contributed by atoms with Gasteiger partial charge < -0.3 is 4.52 Å². The number of alkyl halides is 3. The van der Waals surface area contributed by atoms with Gasteiger partial charge in [0.25, 0.3) is 0 Å². The van der Waals surface area contributed by atoms with E-state index in [2.05, 4.69) is 0 Å². The Morgan fingerprint density at radius 1 is 1.26 bits per heavy atom. The first kappa shape index (κ1) is 18.6. The summed E-state index contributed by atoms with van der Waals surface area (Å²) >= 11 is 0. The molecule has 1 amide bonds.